The van der Waals surface area contributed by atoms with Crippen LogP contribution in [0, 0.1) is 0 Å². The number of hydrogen-bond donors (Lipinski definition) is 1. The third kappa shape index (κ3) is 3.72. The Bertz CT molecular complexity index is 489. The number of β-amino-alcohol motifs (C(OH)–C–C–N with tert-alkyl or cyclic N) is 1. The Kier molecular flexibility index (Phi) is 5.55. The third-order valence-corrected chi connectivity index (χ3v) is 5.05. The van der Waals surface area contributed by atoms with E-state index in [4.69, 9.17) is 27.9 Å². The molecule has 2 aliphatic heterocycles. The highest BCUT2D eigenvalue weighted by Gasteiger charge is 2.35. The van der Waals surface area contributed by atoms with E-state index in [0.717, 1.165) is 44.8 Å². The lowest BCUT2D eigenvalue weighted by atomic mass is 10.1. The van der Waals surface area contributed by atoms with Gasteiger partial charge >= 0.3 is 0 Å². The van der Waals surface area contributed by atoms with Gasteiger partial charge in [-0.15, -0.1) is 0 Å². The minimum absolute atomic E-state index is 0.154. The first-order valence-electron chi connectivity index (χ1n) is 7.65. The standard InChI is InChI=1S/C15H21Cl2N3O2/c16-12-6-18-7-13(17)11(12)8-19-9-14(15(21)10-19)20-2-1-4-22-5-3-20/h6-7,14-15,21H,1-5,8-10H2/t14-,15-/m0/s1. The molecular weight excluding hydrogens is 325 g/mol. The van der Waals surface area contributed by atoms with Crippen molar-refractivity contribution in [3.05, 3.63) is 28.0 Å². The van der Waals surface area contributed by atoms with Crippen LogP contribution in [-0.4, -0.2) is 71.4 Å². The normalized spacial score (nSPS) is 28.0. The summed E-state index contributed by atoms with van der Waals surface area (Å²) < 4.78 is 5.49. The van der Waals surface area contributed by atoms with Gasteiger partial charge < -0.3 is 9.84 Å². The topological polar surface area (TPSA) is 48.8 Å². The molecule has 2 atom stereocenters. The van der Waals surface area contributed by atoms with Crippen molar-refractivity contribution in [1.82, 2.24) is 14.8 Å². The molecule has 1 aromatic rings. The number of halogens is 2. The number of aliphatic hydroxyl groups is 1. The summed E-state index contributed by atoms with van der Waals surface area (Å²) in [5.74, 6) is 0. The zero-order valence-electron chi connectivity index (χ0n) is 12.4. The van der Waals surface area contributed by atoms with Crippen LogP contribution < -0.4 is 0 Å². The van der Waals surface area contributed by atoms with Gasteiger partial charge in [-0.25, -0.2) is 0 Å². The number of aliphatic hydroxyl groups excluding tert-OH is 1. The summed E-state index contributed by atoms with van der Waals surface area (Å²) in [7, 11) is 0. The predicted octanol–water partition coefficient (Wildman–Crippen LogP) is 1.66. The Morgan fingerprint density at radius 1 is 1.18 bits per heavy atom. The lowest BCUT2D eigenvalue weighted by Gasteiger charge is -2.28. The van der Waals surface area contributed by atoms with Gasteiger partial charge in [0.15, 0.2) is 0 Å². The summed E-state index contributed by atoms with van der Waals surface area (Å²) in [5.41, 5.74) is 0.880. The van der Waals surface area contributed by atoms with Crippen molar-refractivity contribution in [2.45, 2.75) is 25.1 Å². The Hall–Kier alpha value is -0.430. The van der Waals surface area contributed by atoms with Gasteiger partial charge in [0.05, 0.1) is 22.8 Å². The molecule has 0 bridgehead atoms. The summed E-state index contributed by atoms with van der Waals surface area (Å²) in [6.45, 7) is 5.50. The molecule has 0 amide bonds. The van der Waals surface area contributed by atoms with Crippen LogP contribution in [-0.2, 0) is 11.3 Å². The van der Waals surface area contributed by atoms with Crippen molar-refractivity contribution in [2.75, 3.05) is 39.4 Å². The lowest BCUT2D eigenvalue weighted by molar-refractivity contribution is 0.0771. The van der Waals surface area contributed by atoms with Gasteiger partial charge in [0.2, 0.25) is 0 Å². The van der Waals surface area contributed by atoms with Gasteiger partial charge in [-0.1, -0.05) is 23.2 Å². The molecule has 0 radical (unpaired) electrons. The second-order valence-electron chi connectivity index (χ2n) is 5.91. The number of hydrogen-bond acceptors (Lipinski definition) is 5. The number of likely N-dealkylation sites (tertiary alicyclic amines) is 1. The SMILES string of the molecule is O[C@H]1CN(Cc2c(Cl)cncc2Cl)C[C@@H]1N1CCCOCC1. The minimum Gasteiger partial charge on any atom is -0.390 e. The van der Waals surface area contributed by atoms with Crippen LogP contribution in [0.5, 0.6) is 0 Å². The minimum atomic E-state index is -0.350. The number of nitrogens with zero attached hydrogens (tertiary/aromatic N) is 3. The molecule has 2 saturated heterocycles. The third-order valence-electron chi connectivity index (χ3n) is 4.39. The van der Waals surface area contributed by atoms with E-state index in [9.17, 15) is 5.11 Å². The molecule has 0 saturated carbocycles. The highest BCUT2D eigenvalue weighted by molar-refractivity contribution is 6.35. The highest BCUT2D eigenvalue weighted by atomic mass is 35.5. The summed E-state index contributed by atoms with van der Waals surface area (Å²) in [6, 6.07) is 0.154. The van der Waals surface area contributed by atoms with Crippen molar-refractivity contribution in [1.29, 1.82) is 0 Å². The average molecular weight is 346 g/mol. The highest BCUT2D eigenvalue weighted by Crippen LogP contribution is 2.27. The van der Waals surface area contributed by atoms with E-state index in [0.29, 0.717) is 23.1 Å². The molecule has 1 N–H and O–H groups in total. The molecule has 0 aliphatic carbocycles. The number of ether oxygens (including phenoxy) is 1. The maximum atomic E-state index is 10.4. The van der Waals surface area contributed by atoms with Crippen LogP contribution >= 0.6 is 23.2 Å². The molecule has 1 aromatic heterocycles. The molecule has 122 valence electrons. The molecule has 2 fully saturated rings. The van der Waals surface area contributed by atoms with E-state index in [1.807, 2.05) is 0 Å². The van der Waals surface area contributed by atoms with Gasteiger partial charge in [-0.2, -0.15) is 0 Å². The monoisotopic (exact) mass is 345 g/mol. The van der Waals surface area contributed by atoms with Crippen LogP contribution in [0.3, 0.4) is 0 Å². The Morgan fingerprint density at radius 2 is 1.95 bits per heavy atom. The van der Waals surface area contributed by atoms with E-state index in [2.05, 4.69) is 14.8 Å². The first-order valence-corrected chi connectivity index (χ1v) is 8.41. The first-order chi connectivity index (χ1) is 10.6. The second-order valence-corrected chi connectivity index (χ2v) is 6.73. The van der Waals surface area contributed by atoms with E-state index in [1.54, 1.807) is 12.4 Å². The number of pyridine rings is 1. The summed E-state index contributed by atoms with van der Waals surface area (Å²) in [6.07, 6.45) is 3.89. The van der Waals surface area contributed by atoms with Crippen molar-refractivity contribution < 1.29 is 9.84 Å². The Morgan fingerprint density at radius 3 is 2.73 bits per heavy atom. The number of rotatable bonds is 3. The predicted molar refractivity (Wildman–Crippen MR) is 86.3 cm³/mol. The molecule has 0 unspecified atom stereocenters. The van der Waals surface area contributed by atoms with E-state index < -0.39 is 0 Å². The van der Waals surface area contributed by atoms with Crippen LogP contribution in [0.1, 0.15) is 12.0 Å². The van der Waals surface area contributed by atoms with Crippen molar-refractivity contribution in [2.24, 2.45) is 0 Å². The zero-order valence-corrected chi connectivity index (χ0v) is 13.9. The second kappa shape index (κ2) is 7.43. The van der Waals surface area contributed by atoms with E-state index >= 15 is 0 Å². The molecule has 3 rings (SSSR count). The molecule has 2 aliphatic rings. The van der Waals surface area contributed by atoms with Crippen LogP contribution in [0.15, 0.2) is 12.4 Å². The fourth-order valence-electron chi connectivity index (χ4n) is 3.24. The van der Waals surface area contributed by atoms with Crippen molar-refractivity contribution in [3.63, 3.8) is 0 Å². The molecule has 3 heterocycles. The van der Waals surface area contributed by atoms with Gasteiger partial charge in [0.1, 0.15) is 0 Å². The molecule has 7 heteroatoms. The maximum Gasteiger partial charge on any atom is 0.0834 e. The number of aromatic nitrogens is 1. The molecule has 0 aromatic carbocycles. The van der Waals surface area contributed by atoms with Gasteiger partial charge in [-0.3, -0.25) is 14.8 Å². The molecular formula is C15H21Cl2N3O2. The smallest absolute Gasteiger partial charge is 0.0834 e. The zero-order chi connectivity index (χ0) is 15.5. The first kappa shape index (κ1) is 16.4. The van der Waals surface area contributed by atoms with Gasteiger partial charge in [-0.05, 0) is 6.42 Å². The van der Waals surface area contributed by atoms with Crippen LogP contribution in [0.25, 0.3) is 0 Å². The van der Waals surface area contributed by atoms with Crippen LogP contribution in [0.4, 0.5) is 0 Å². The molecule has 5 nitrogen and oxygen atoms in total. The van der Waals surface area contributed by atoms with Gasteiger partial charge in [0.25, 0.3) is 0 Å². The fourth-order valence-corrected chi connectivity index (χ4v) is 3.73. The van der Waals surface area contributed by atoms with E-state index in [1.165, 1.54) is 0 Å². The van der Waals surface area contributed by atoms with Crippen LogP contribution in [0.2, 0.25) is 10.0 Å². The molecule has 22 heavy (non-hydrogen) atoms. The van der Waals surface area contributed by atoms with Crippen molar-refractivity contribution in [3.8, 4) is 0 Å². The Balaban J connectivity index is 1.65. The lowest BCUT2D eigenvalue weighted by Crippen LogP contribution is -2.44. The van der Waals surface area contributed by atoms with Gasteiger partial charge in [0, 0.05) is 63.3 Å². The largest absolute Gasteiger partial charge is 0.390 e. The summed E-state index contributed by atoms with van der Waals surface area (Å²) in [4.78, 5) is 8.52. The molecule has 0 spiro atoms. The Labute approximate surface area is 140 Å². The average Bonchev–Trinajstić information content (AvgIpc) is 2.70. The van der Waals surface area contributed by atoms with Crippen molar-refractivity contribution >= 4 is 23.2 Å². The summed E-state index contributed by atoms with van der Waals surface area (Å²) in [5, 5.41) is 11.6. The quantitative estimate of drug-likeness (QED) is 0.902. The maximum absolute atomic E-state index is 10.4. The fraction of sp³-hybridized carbons (Fsp3) is 0.667. The summed E-state index contributed by atoms with van der Waals surface area (Å²) >= 11 is 12.4. The van der Waals surface area contributed by atoms with E-state index in [-0.39, 0.29) is 12.1 Å².